The first-order valence-corrected chi connectivity index (χ1v) is 11.7. The summed E-state index contributed by atoms with van der Waals surface area (Å²) in [5.41, 5.74) is 3.42. The van der Waals surface area contributed by atoms with Crippen molar-refractivity contribution >= 4 is 34.7 Å². The number of aromatic nitrogens is 1. The lowest BCUT2D eigenvalue weighted by atomic mass is 9.96. The van der Waals surface area contributed by atoms with Crippen molar-refractivity contribution in [1.29, 1.82) is 0 Å². The number of piperidine rings is 1. The first-order chi connectivity index (χ1) is 15.6. The second-order valence-electron chi connectivity index (χ2n) is 8.16. The van der Waals surface area contributed by atoms with E-state index in [2.05, 4.69) is 20.9 Å². The van der Waals surface area contributed by atoms with Crippen molar-refractivity contribution in [2.75, 3.05) is 30.3 Å². The molecule has 4 rings (SSSR count). The summed E-state index contributed by atoms with van der Waals surface area (Å²) >= 11 is 12.9. The van der Waals surface area contributed by atoms with E-state index in [9.17, 15) is 4.39 Å². The summed E-state index contributed by atoms with van der Waals surface area (Å²) in [7, 11) is 0. The third-order valence-electron chi connectivity index (χ3n) is 5.76. The zero-order valence-electron chi connectivity index (χ0n) is 17.8. The molecule has 3 aromatic rings. The Hall–Kier alpha value is -2.34. The third kappa shape index (κ3) is 6.12. The zero-order chi connectivity index (χ0) is 22.3. The van der Waals surface area contributed by atoms with E-state index in [0.29, 0.717) is 22.5 Å². The second-order valence-corrected chi connectivity index (χ2v) is 8.97. The lowest BCUT2D eigenvalue weighted by Gasteiger charge is -2.22. The monoisotopic (exact) mass is 472 g/mol. The van der Waals surface area contributed by atoms with Gasteiger partial charge in [-0.15, -0.1) is 0 Å². The van der Waals surface area contributed by atoms with Crippen LogP contribution in [0.4, 0.5) is 15.9 Å². The number of halogens is 3. The van der Waals surface area contributed by atoms with Gasteiger partial charge in [0.15, 0.2) is 0 Å². The Balaban J connectivity index is 1.45. The molecular weight excluding hydrogens is 446 g/mol. The highest BCUT2D eigenvalue weighted by Gasteiger charge is 2.13. The van der Waals surface area contributed by atoms with E-state index in [1.165, 1.54) is 25.0 Å². The summed E-state index contributed by atoms with van der Waals surface area (Å²) in [5.74, 6) is 1.26. The number of benzene rings is 2. The first kappa shape index (κ1) is 22.8. The summed E-state index contributed by atoms with van der Waals surface area (Å²) in [6.45, 7) is 3.57. The van der Waals surface area contributed by atoms with E-state index in [-0.39, 0.29) is 5.82 Å². The van der Waals surface area contributed by atoms with Gasteiger partial charge in [-0.1, -0.05) is 41.4 Å². The molecule has 0 amide bonds. The van der Waals surface area contributed by atoms with Gasteiger partial charge in [0, 0.05) is 24.8 Å². The molecule has 7 heteroatoms. The standard InChI is InChI=1S/C25H27Cl2FN4/c26-22-7-6-19(12-24(22)31-15-18-3-1-5-20(28)11-18)21-13-25(32-16-23(21)27)30-10-8-17-4-2-9-29-14-17/h1,3,5-7,11-13,16-17,29,31H,2,4,8-10,14-15H2,(H,30,32). The van der Waals surface area contributed by atoms with Crippen molar-refractivity contribution in [3.63, 3.8) is 0 Å². The van der Waals surface area contributed by atoms with Crippen molar-refractivity contribution in [3.8, 4) is 11.1 Å². The van der Waals surface area contributed by atoms with Crippen molar-refractivity contribution in [2.24, 2.45) is 5.92 Å². The lowest BCUT2D eigenvalue weighted by Crippen LogP contribution is -2.30. The van der Waals surface area contributed by atoms with E-state index in [1.807, 2.05) is 30.3 Å². The third-order valence-corrected chi connectivity index (χ3v) is 6.39. The van der Waals surface area contributed by atoms with Gasteiger partial charge in [-0.25, -0.2) is 9.37 Å². The predicted molar refractivity (Wildman–Crippen MR) is 132 cm³/mol. The highest BCUT2D eigenvalue weighted by atomic mass is 35.5. The summed E-state index contributed by atoms with van der Waals surface area (Å²) in [4.78, 5) is 4.44. The maximum absolute atomic E-state index is 13.5. The van der Waals surface area contributed by atoms with Crippen LogP contribution >= 0.6 is 23.2 Å². The molecule has 1 fully saturated rings. The second kappa shape index (κ2) is 11.0. The molecule has 2 heterocycles. The lowest BCUT2D eigenvalue weighted by molar-refractivity contribution is 0.364. The molecule has 1 unspecified atom stereocenters. The predicted octanol–water partition coefficient (Wildman–Crippen LogP) is 6.61. The molecule has 0 aliphatic carbocycles. The molecule has 4 nitrogen and oxygen atoms in total. The fourth-order valence-corrected chi connectivity index (χ4v) is 4.40. The number of hydrogen-bond acceptors (Lipinski definition) is 4. The van der Waals surface area contributed by atoms with Crippen LogP contribution in [0.2, 0.25) is 10.0 Å². The number of nitrogens with zero attached hydrogens (tertiary/aromatic N) is 1. The van der Waals surface area contributed by atoms with E-state index in [1.54, 1.807) is 12.3 Å². The van der Waals surface area contributed by atoms with Crippen LogP contribution in [0.3, 0.4) is 0 Å². The molecule has 168 valence electrons. The molecular formula is C25H27Cl2FN4. The molecule has 0 spiro atoms. The van der Waals surface area contributed by atoms with Gasteiger partial charge in [0.1, 0.15) is 11.6 Å². The van der Waals surface area contributed by atoms with Crippen molar-refractivity contribution in [2.45, 2.75) is 25.8 Å². The number of pyridine rings is 1. The number of anilines is 2. The largest absolute Gasteiger partial charge is 0.380 e. The van der Waals surface area contributed by atoms with Gasteiger partial charge in [-0.05, 0) is 79.7 Å². The molecule has 3 N–H and O–H groups in total. The van der Waals surface area contributed by atoms with Gasteiger partial charge in [0.25, 0.3) is 0 Å². The van der Waals surface area contributed by atoms with E-state index in [0.717, 1.165) is 54.3 Å². The van der Waals surface area contributed by atoms with Crippen LogP contribution in [-0.4, -0.2) is 24.6 Å². The average Bonchev–Trinajstić information content (AvgIpc) is 2.80. The van der Waals surface area contributed by atoms with Crippen LogP contribution in [0.15, 0.2) is 54.7 Å². The minimum Gasteiger partial charge on any atom is -0.380 e. The van der Waals surface area contributed by atoms with E-state index in [4.69, 9.17) is 23.2 Å². The molecule has 2 aromatic carbocycles. The Kier molecular flexibility index (Phi) is 7.85. The van der Waals surface area contributed by atoms with Gasteiger partial charge in [0.05, 0.1) is 15.7 Å². The molecule has 0 bridgehead atoms. The average molecular weight is 473 g/mol. The number of nitrogens with one attached hydrogen (secondary N) is 3. The minimum absolute atomic E-state index is 0.257. The van der Waals surface area contributed by atoms with Crippen LogP contribution in [0.5, 0.6) is 0 Å². The maximum Gasteiger partial charge on any atom is 0.126 e. The van der Waals surface area contributed by atoms with Crippen molar-refractivity contribution < 1.29 is 4.39 Å². The Morgan fingerprint density at radius 3 is 2.78 bits per heavy atom. The first-order valence-electron chi connectivity index (χ1n) is 11.0. The van der Waals surface area contributed by atoms with Crippen LogP contribution in [0.25, 0.3) is 11.1 Å². The number of hydrogen-bond donors (Lipinski definition) is 3. The van der Waals surface area contributed by atoms with Crippen LogP contribution in [-0.2, 0) is 6.54 Å². The molecule has 1 aromatic heterocycles. The Bertz CT molecular complexity index is 1050. The minimum atomic E-state index is -0.257. The topological polar surface area (TPSA) is 49.0 Å². The molecule has 0 radical (unpaired) electrons. The molecule has 32 heavy (non-hydrogen) atoms. The number of rotatable bonds is 8. The van der Waals surface area contributed by atoms with Crippen LogP contribution in [0, 0.1) is 11.7 Å². The van der Waals surface area contributed by atoms with E-state index >= 15 is 0 Å². The Labute approximate surface area is 198 Å². The summed E-state index contributed by atoms with van der Waals surface area (Å²) < 4.78 is 13.5. The van der Waals surface area contributed by atoms with Gasteiger partial charge in [-0.3, -0.25) is 0 Å². The molecule has 0 saturated carbocycles. The summed E-state index contributed by atoms with van der Waals surface area (Å²) in [6, 6.07) is 14.2. The summed E-state index contributed by atoms with van der Waals surface area (Å²) in [6.07, 6.45) is 5.32. The smallest absolute Gasteiger partial charge is 0.126 e. The highest BCUT2D eigenvalue weighted by molar-refractivity contribution is 6.34. The van der Waals surface area contributed by atoms with Gasteiger partial charge < -0.3 is 16.0 Å². The summed E-state index contributed by atoms with van der Waals surface area (Å²) in [5, 5.41) is 11.4. The fourth-order valence-electron chi connectivity index (χ4n) is 4.00. The van der Waals surface area contributed by atoms with Crippen LogP contribution < -0.4 is 16.0 Å². The van der Waals surface area contributed by atoms with Gasteiger partial charge in [-0.2, -0.15) is 0 Å². The SMILES string of the molecule is Fc1cccc(CNc2cc(-c3cc(NCCC4CCCNC4)ncc3Cl)ccc2Cl)c1. The van der Waals surface area contributed by atoms with E-state index < -0.39 is 0 Å². The van der Waals surface area contributed by atoms with Crippen molar-refractivity contribution in [1.82, 2.24) is 10.3 Å². The normalized spacial score (nSPS) is 16.0. The van der Waals surface area contributed by atoms with Crippen molar-refractivity contribution in [3.05, 3.63) is 76.2 Å². The van der Waals surface area contributed by atoms with Crippen LogP contribution in [0.1, 0.15) is 24.8 Å². The zero-order valence-corrected chi connectivity index (χ0v) is 19.3. The van der Waals surface area contributed by atoms with Gasteiger partial charge >= 0.3 is 0 Å². The molecule has 1 saturated heterocycles. The Morgan fingerprint density at radius 2 is 1.97 bits per heavy atom. The molecule has 1 aliphatic rings. The molecule has 1 atom stereocenters. The highest BCUT2D eigenvalue weighted by Crippen LogP contribution is 2.34. The Morgan fingerprint density at radius 1 is 1.06 bits per heavy atom. The quantitative estimate of drug-likeness (QED) is 0.345. The maximum atomic E-state index is 13.5. The molecule has 1 aliphatic heterocycles. The van der Waals surface area contributed by atoms with Gasteiger partial charge in [0.2, 0.25) is 0 Å². The fraction of sp³-hybridized carbons (Fsp3) is 0.320.